The maximum absolute atomic E-state index is 12.8. The Morgan fingerprint density at radius 3 is 2.50 bits per heavy atom. The number of ether oxygens (including phenoxy) is 1. The number of oxazole rings is 1. The summed E-state index contributed by atoms with van der Waals surface area (Å²) >= 11 is 0. The summed E-state index contributed by atoms with van der Waals surface area (Å²) in [6, 6.07) is 4.45. The quantitative estimate of drug-likeness (QED) is 0.709. The number of hydrogen-bond donors (Lipinski definition) is 1. The molecule has 1 aromatic carbocycles. The second-order valence-corrected chi connectivity index (χ2v) is 9.79. The molecule has 1 aliphatic heterocycles. The van der Waals surface area contributed by atoms with E-state index >= 15 is 0 Å². The van der Waals surface area contributed by atoms with Crippen molar-refractivity contribution in [2.24, 2.45) is 0 Å². The van der Waals surface area contributed by atoms with Crippen LogP contribution in [0.4, 0.5) is 0 Å². The third-order valence-corrected chi connectivity index (χ3v) is 7.66. The predicted molar refractivity (Wildman–Crippen MR) is 110 cm³/mol. The van der Waals surface area contributed by atoms with Crippen LogP contribution in [-0.2, 0) is 26.1 Å². The molecular weight excluding hydrogens is 410 g/mol. The Hall–Kier alpha value is -2.17. The van der Waals surface area contributed by atoms with E-state index in [1.165, 1.54) is 39.9 Å². The molecule has 2 fully saturated rings. The molecule has 1 saturated heterocycles. The van der Waals surface area contributed by atoms with E-state index in [4.69, 9.17) is 9.15 Å². The molecule has 0 bridgehead atoms. The van der Waals surface area contributed by atoms with Gasteiger partial charge in [0.05, 0.1) is 23.6 Å². The number of sulfonamides is 1. The molecule has 30 heavy (non-hydrogen) atoms. The SMILES string of the molecule is O=C(Cn1c(=O)oc2cc(S(=O)(=O)N3CCOCC3)ccc21)NC1CCCCCC1. The molecule has 1 aromatic heterocycles. The van der Waals surface area contributed by atoms with Crippen molar-refractivity contribution in [3.05, 3.63) is 28.7 Å². The van der Waals surface area contributed by atoms with Gasteiger partial charge in [0, 0.05) is 25.2 Å². The Morgan fingerprint density at radius 2 is 1.80 bits per heavy atom. The predicted octanol–water partition coefficient (Wildman–Crippen LogP) is 1.45. The Bertz CT molecular complexity index is 1060. The van der Waals surface area contributed by atoms with Crippen molar-refractivity contribution in [2.45, 2.75) is 56.0 Å². The van der Waals surface area contributed by atoms with Crippen LogP contribution in [0.1, 0.15) is 38.5 Å². The van der Waals surface area contributed by atoms with Gasteiger partial charge in [-0.25, -0.2) is 13.2 Å². The smallest absolute Gasteiger partial charge is 0.408 e. The summed E-state index contributed by atoms with van der Waals surface area (Å²) in [5, 5.41) is 3.01. The second kappa shape index (κ2) is 8.91. The average molecular weight is 438 g/mol. The lowest BCUT2D eigenvalue weighted by Crippen LogP contribution is -2.40. The average Bonchev–Trinajstić information content (AvgIpc) is 2.89. The van der Waals surface area contributed by atoms with Gasteiger partial charge >= 0.3 is 5.76 Å². The van der Waals surface area contributed by atoms with Crippen LogP contribution in [0, 0.1) is 0 Å². The fraction of sp³-hybridized carbons (Fsp3) is 0.600. The van der Waals surface area contributed by atoms with Gasteiger partial charge < -0.3 is 14.5 Å². The summed E-state index contributed by atoms with van der Waals surface area (Å²) in [6.07, 6.45) is 6.48. The minimum absolute atomic E-state index is 0.0562. The maximum Gasteiger partial charge on any atom is 0.420 e. The zero-order valence-electron chi connectivity index (χ0n) is 16.8. The number of benzene rings is 1. The van der Waals surface area contributed by atoms with Crippen molar-refractivity contribution >= 4 is 27.0 Å². The van der Waals surface area contributed by atoms with Gasteiger partial charge in [0.15, 0.2) is 5.58 Å². The fourth-order valence-electron chi connectivity index (χ4n) is 4.13. The number of morpholine rings is 1. The van der Waals surface area contributed by atoms with Gasteiger partial charge in [-0.1, -0.05) is 25.7 Å². The molecule has 0 atom stereocenters. The summed E-state index contributed by atoms with van der Waals surface area (Å²) in [7, 11) is -3.70. The highest BCUT2D eigenvalue weighted by atomic mass is 32.2. The fourth-order valence-corrected chi connectivity index (χ4v) is 5.56. The molecular formula is C20H27N3O6S. The van der Waals surface area contributed by atoms with Crippen LogP contribution in [0.15, 0.2) is 32.3 Å². The molecule has 2 aliphatic rings. The maximum atomic E-state index is 12.8. The molecule has 0 spiro atoms. The second-order valence-electron chi connectivity index (χ2n) is 7.86. The highest BCUT2D eigenvalue weighted by molar-refractivity contribution is 7.89. The lowest BCUT2D eigenvalue weighted by Gasteiger charge is -2.25. The Labute approximate surface area is 175 Å². The number of amides is 1. The number of rotatable bonds is 5. The topological polar surface area (TPSA) is 111 Å². The standard InChI is InChI=1S/C20H27N3O6S/c24-19(21-15-5-3-1-2-4-6-15)14-23-17-8-7-16(13-18(17)29-20(23)25)30(26,27)22-9-11-28-12-10-22/h7-8,13,15H,1-6,9-12,14H2,(H,21,24). The monoisotopic (exact) mass is 437 g/mol. The van der Waals surface area contributed by atoms with Crippen molar-refractivity contribution in [3.8, 4) is 0 Å². The Morgan fingerprint density at radius 1 is 1.10 bits per heavy atom. The molecule has 2 aromatic rings. The van der Waals surface area contributed by atoms with Crippen molar-refractivity contribution < 1.29 is 22.4 Å². The first-order chi connectivity index (χ1) is 14.4. The summed E-state index contributed by atoms with van der Waals surface area (Å²) in [5.74, 6) is -0.918. The normalized spacial score (nSPS) is 19.6. The summed E-state index contributed by atoms with van der Waals surface area (Å²) in [4.78, 5) is 24.9. The van der Waals surface area contributed by atoms with E-state index in [2.05, 4.69) is 5.32 Å². The molecule has 4 rings (SSSR count). The van der Waals surface area contributed by atoms with Crippen molar-refractivity contribution in [1.82, 2.24) is 14.2 Å². The molecule has 1 saturated carbocycles. The highest BCUT2D eigenvalue weighted by Gasteiger charge is 2.27. The van der Waals surface area contributed by atoms with E-state index in [9.17, 15) is 18.0 Å². The lowest BCUT2D eigenvalue weighted by atomic mass is 10.1. The molecule has 1 N–H and O–H groups in total. The molecule has 9 nitrogen and oxygen atoms in total. The van der Waals surface area contributed by atoms with E-state index in [1.807, 2.05) is 0 Å². The van der Waals surface area contributed by atoms with E-state index in [-0.39, 0.29) is 42.1 Å². The Kier molecular flexibility index (Phi) is 6.26. The number of fused-ring (bicyclic) bond motifs is 1. The number of carbonyl (C=O) groups is 1. The lowest BCUT2D eigenvalue weighted by molar-refractivity contribution is -0.122. The third-order valence-electron chi connectivity index (χ3n) is 5.77. The van der Waals surface area contributed by atoms with Gasteiger partial charge in [0.2, 0.25) is 15.9 Å². The van der Waals surface area contributed by atoms with Crippen LogP contribution in [0.25, 0.3) is 11.1 Å². The van der Waals surface area contributed by atoms with Gasteiger partial charge in [-0.3, -0.25) is 9.36 Å². The number of hydrogen-bond acceptors (Lipinski definition) is 6. The van der Waals surface area contributed by atoms with Gasteiger partial charge in [0.25, 0.3) is 0 Å². The van der Waals surface area contributed by atoms with E-state index < -0.39 is 15.8 Å². The van der Waals surface area contributed by atoms with E-state index in [0.29, 0.717) is 18.7 Å². The summed E-state index contributed by atoms with van der Waals surface area (Å²) < 4.78 is 38.7. The molecule has 2 heterocycles. The zero-order valence-corrected chi connectivity index (χ0v) is 17.7. The number of aromatic nitrogens is 1. The highest BCUT2D eigenvalue weighted by Crippen LogP contribution is 2.22. The van der Waals surface area contributed by atoms with Crippen molar-refractivity contribution in [2.75, 3.05) is 26.3 Å². The van der Waals surface area contributed by atoms with Crippen LogP contribution in [0.2, 0.25) is 0 Å². The van der Waals surface area contributed by atoms with Gasteiger partial charge in [-0.15, -0.1) is 0 Å². The summed E-state index contributed by atoms with van der Waals surface area (Å²) in [5.41, 5.74) is 0.550. The molecule has 1 amide bonds. The number of nitrogens with zero attached hydrogens (tertiary/aromatic N) is 2. The van der Waals surface area contributed by atoms with Gasteiger partial charge in [-0.05, 0) is 25.0 Å². The van der Waals surface area contributed by atoms with Crippen LogP contribution in [-0.4, -0.2) is 55.5 Å². The first-order valence-corrected chi connectivity index (χ1v) is 11.9. The van der Waals surface area contributed by atoms with Crippen molar-refractivity contribution in [1.29, 1.82) is 0 Å². The molecule has 0 radical (unpaired) electrons. The van der Waals surface area contributed by atoms with Crippen LogP contribution < -0.4 is 11.1 Å². The van der Waals surface area contributed by atoms with Crippen molar-refractivity contribution in [3.63, 3.8) is 0 Å². The Balaban J connectivity index is 1.53. The first kappa shape index (κ1) is 21.1. The van der Waals surface area contributed by atoms with E-state index in [1.54, 1.807) is 0 Å². The largest absolute Gasteiger partial charge is 0.420 e. The first-order valence-electron chi connectivity index (χ1n) is 10.5. The number of carbonyl (C=O) groups excluding carboxylic acids is 1. The molecule has 164 valence electrons. The van der Waals surface area contributed by atoms with Crippen LogP contribution in [0.5, 0.6) is 0 Å². The molecule has 1 aliphatic carbocycles. The van der Waals surface area contributed by atoms with Crippen LogP contribution >= 0.6 is 0 Å². The summed E-state index contributed by atoms with van der Waals surface area (Å²) in [6.45, 7) is 1.11. The minimum atomic E-state index is -3.70. The number of nitrogens with one attached hydrogen (secondary N) is 1. The molecule has 10 heteroatoms. The van der Waals surface area contributed by atoms with Gasteiger partial charge in [0.1, 0.15) is 6.54 Å². The van der Waals surface area contributed by atoms with Crippen LogP contribution in [0.3, 0.4) is 0 Å². The van der Waals surface area contributed by atoms with E-state index in [0.717, 1.165) is 25.7 Å². The van der Waals surface area contributed by atoms with Gasteiger partial charge in [-0.2, -0.15) is 4.31 Å². The molecule has 0 unspecified atom stereocenters. The third kappa shape index (κ3) is 4.45. The minimum Gasteiger partial charge on any atom is -0.408 e. The zero-order chi connectivity index (χ0) is 21.1.